The van der Waals surface area contributed by atoms with Gasteiger partial charge in [-0.15, -0.1) is 10.2 Å². The average Bonchev–Trinajstić information content (AvgIpc) is 3.41. The maximum Gasteiger partial charge on any atom is 0.291 e. The molecule has 0 radical (unpaired) electrons. The lowest BCUT2D eigenvalue weighted by atomic mass is 10.1. The molecule has 0 unspecified atom stereocenters. The molecule has 2 aromatic heterocycles. The second-order valence-electron chi connectivity index (χ2n) is 7.95. The molecule has 33 heavy (non-hydrogen) atoms. The van der Waals surface area contributed by atoms with Crippen LogP contribution < -0.4 is 10.2 Å². The first kappa shape index (κ1) is 22.3. The number of hydrogen-bond donors (Lipinski definition) is 1. The average molecular weight is 499 g/mol. The van der Waals surface area contributed by atoms with Crippen LogP contribution in [0.5, 0.6) is 0 Å². The van der Waals surface area contributed by atoms with Crippen molar-refractivity contribution < 1.29 is 9.21 Å². The highest BCUT2D eigenvalue weighted by Crippen LogP contribution is 2.34. The predicted molar refractivity (Wildman–Crippen MR) is 136 cm³/mol. The van der Waals surface area contributed by atoms with Gasteiger partial charge in [0.15, 0.2) is 10.1 Å². The number of furan rings is 1. The predicted octanol–water partition coefficient (Wildman–Crippen LogP) is 6.78. The minimum atomic E-state index is -0.294. The molecule has 0 saturated carbocycles. The molecule has 0 spiro atoms. The zero-order valence-corrected chi connectivity index (χ0v) is 20.5. The van der Waals surface area contributed by atoms with E-state index in [1.165, 1.54) is 30.6 Å². The van der Waals surface area contributed by atoms with Gasteiger partial charge in [-0.05, 0) is 50.5 Å². The number of carbonyl (C=O) groups excluding carboxylic acids is 1. The molecule has 0 aliphatic carbocycles. The molecule has 9 heteroatoms. The van der Waals surface area contributed by atoms with E-state index in [1.807, 2.05) is 49.4 Å². The summed E-state index contributed by atoms with van der Waals surface area (Å²) in [4.78, 5) is 15.5. The molecular formula is C24H23ClN4O2S2. The van der Waals surface area contributed by atoms with Crippen LogP contribution in [-0.4, -0.2) is 29.2 Å². The molecule has 170 valence electrons. The van der Waals surface area contributed by atoms with Crippen LogP contribution in [0.1, 0.15) is 40.4 Å². The molecule has 2 aromatic carbocycles. The summed E-state index contributed by atoms with van der Waals surface area (Å²) in [5, 5.41) is 13.7. The third-order valence-corrected chi connectivity index (χ3v) is 7.96. The van der Waals surface area contributed by atoms with Crippen LogP contribution in [0, 0.1) is 6.92 Å². The highest BCUT2D eigenvalue weighted by molar-refractivity contribution is 8.00. The smallest absolute Gasteiger partial charge is 0.291 e. The third-order valence-electron chi connectivity index (χ3n) is 5.65. The maximum absolute atomic E-state index is 13.2. The number of amides is 1. The van der Waals surface area contributed by atoms with Crippen molar-refractivity contribution in [3.8, 4) is 0 Å². The lowest BCUT2D eigenvalue weighted by molar-refractivity contribution is 0.0998. The Morgan fingerprint density at radius 2 is 2.00 bits per heavy atom. The fourth-order valence-electron chi connectivity index (χ4n) is 4.06. The zero-order chi connectivity index (χ0) is 22.8. The van der Waals surface area contributed by atoms with Crippen molar-refractivity contribution in [2.45, 2.75) is 36.3 Å². The maximum atomic E-state index is 13.2. The van der Waals surface area contributed by atoms with Crippen LogP contribution in [0.15, 0.2) is 51.2 Å². The quantitative estimate of drug-likeness (QED) is 0.295. The first-order valence-corrected chi connectivity index (χ1v) is 13.1. The molecule has 3 heterocycles. The number of benzene rings is 2. The molecular weight excluding hydrogens is 476 g/mol. The Bertz CT molecular complexity index is 1300. The van der Waals surface area contributed by atoms with Gasteiger partial charge >= 0.3 is 0 Å². The molecule has 1 amide bonds. The van der Waals surface area contributed by atoms with E-state index in [0.717, 1.165) is 39.1 Å². The van der Waals surface area contributed by atoms with Crippen molar-refractivity contribution >= 4 is 63.0 Å². The lowest BCUT2D eigenvalue weighted by Gasteiger charge is -2.29. The van der Waals surface area contributed by atoms with Crippen molar-refractivity contribution in [2.24, 2.45) is 0 Å². The Morgan fingerprint density at radius 1 is 1.18 bits per heavy atom. The van der Waals surface area contributed by atoms with Gasteiger partial charge in [-0.2, -0.15) is 0 Å². The van der Waals surface area contributed by atoms with E-state index in [1.54, 1.807) is 11.8 Å². The largest absolute Gasteiger partial charge is 0.451 e. The minimum Gasteiger partial charge on any atom is -0.451 e. The molecule has 1 aliphatic rings. The SMILES string of the molecule is Cc1nnc(SCc2c(C(=O)Nc3ccc(N4CCCCC4)c(Cl)c3)oc3ccccc23)s1. The van der Waals surface area contributed by atoms with Gasteiger partial charge in [-0.25, -0.2) is 0 Å². The molecule has 4 aromatic rings. The van der Waals surface area contributed by atoms with Gasteiger partial charge in [0, 0.05) is 35.5 Å². The number of nitrogens with zero attached hydrogens (tertiary/aromatic N) is 3. The second-order valence-corrected chi connectivity index (χ2v) is 10.8. The highest BCUT2D eigenvalue weighted by Gasteiger charge is 2.22. The first-order chi connectivity index (χ1) is 16.1. The van der Waals surface area contributed by atoms with E-state index in [2.05, 4.69) is 20.4 Å². The Morgan fingerprint density at radius 3 is 2.76 bits per heavy atom. The van der Waals surface area contributed by atoms with Gasteiger partial charge in [0.1, 0.15) is 10.6 Å². The van der Waals surface area contributed by atoms with Gasteiger partial charge in [0.2, 0.25) is 0 Å². The number of thioether (sulfide) groups is 1. The van der Waals surface area contributed by atoms with Gasteiger partial charge in [0.05, 0.1) is 10.7 Å². The van der Waals surface area contributed by atoms with Crippen molar-refractivity contribution in [1.82, 2.24) is 10.2 Å². The monoisotopic (exact) mass is 498 g/mol. The van der Waals surface area contributed by atoms with Crippen LogP contribution in [0.25, 0.3) is 11.0 Å². The number of anilines is 2. The Kier molecular flexibility index (Phi) is 6.57. The molecule has 6 nitrogen and oxygen atoms in total. The molecule has 1 N–H and O–H groups in total. The molecule has 0 atom stereocenters. The minimum absolute atomic E-state index is 0.294. The number of fused-ring (bicyclic) bond motifs is 1. The second kappa shape index (κ2) is 9.75. The summed E-state index contributed by atoms with van der Waals surface area (Å²) in [5.41, 5.74) is 3.19. The van der Waals surface area contributed by atoms with Crippen molar-refractivity contribution in [2.75, 3.05) is 23.3 Å². The summed E-state index contributed by atoms with van der Waals surface area (Å²) in [7, 11) is 0. The molecule has 5 rings (SSSR count). The number of aromatic nitrogens is 2. The fourth-order valence-corrected chi connectivity index (χ4v) is 6.20. The van der Waals surface area contributed by atoms with E-state index in [9.17, 15) is 4.79 Å². The molecule has 0 bridgehead atoms. The van der Waals surface area contributed by atoms with Crippen LogP contribution in [-0.2, 0) is 5.75 Å². The number of rotatable bonds is 6. The van der Waals surface area contributed by atoms with Gasteiger partial charge in [0.25, 0.3) is 5.91 Å². The zero-order valence-electron chi connectivity index (χ0n) is 18.1. The van der Waals surface area contributed by atoms with E-state index < -0.39 is 0 Å². The van der Waals surface area contributed by atoms with E-state index in [-0.39, 0.29) is 5.91 Å². The first-order valence-electron chi connectivity index (χ1n) is 10.9. The van der Waals surface area contributed by atoms with Crippen LogP contribution in [0.4, 0.5) is 11.4 Å². The fraction of sp³-hybridized carbons (Fsp3) is 0.292. The van der Waals surface area contributed by atoms with Crippen LogP contribution in [0.2, 0.25) is 5.02 Å². The third kappa shape index (κ3) is 4.88. The number of aryl methyl sites for hydroxylation is 1. The Hall–Kier alpha value is -2.55. The summed E-state index contributed by atoms with van der Waals surface area (Å²) in [6.07, 6.45) is 3.62. The number of carbonyl (C=O) groups is 1. The standard InChI is InChI=1S/C24H23ClN4O2S2/c1-15-27-28-24(33-15)32-14-18-17-7-3-4-8-21(17)31-22(18)23(30)26-16-9-10-20(19(25)13-16)29-11-5-2-6-12-29/h3-4,7-10,13H,2,5-6,11-12,14H2,1H3,(H,26,30). The van der Waals surface area contributed by atoms with Crippen molar-refractivity contribution in [1.29, 1.82) is 0 Å². The van der Waals surface area contributed by atoms with Crippen LogP contribution >= 0.6 is 34.7 Å². The summed E-state index contributed by atoms with van der Waals surface area (Å²) in [6.45, 7) is 3.95. The number of piperidine rings is 1. The number of halogens is 1. The number of para-hydroxylation sites is 1. The Balaban J connectivity index is 1.38. The Labute approximate surface area is 205 Å². The highest BCUT2D eigenvalue weighted by atomic mass is 35.5. The van der Waals surface area contributed by atoms with E-state index in [0.29, 0.717) is 27.8 Å². The van der Waals surface area contributed by atoms with Crippen LogP contribution in [0.3, 0.4) is 0 Å². The normalized spacial score (nSPS) is 14.1. The lowest BCUT2D eigenvalue weighted by Crippen LogP contribution is -2.29. The molecule has 1 fully saturated rings. The topological polar surface area (TPSA) is 71.3 Å². The van der Waals surface area contributed by atoms with Gasteiger partial charge in [-0.1, -0.05) is 52.9 Å². The molecule has 1 saturated heterocycles. The van der Waals surface area contributed by atoms with Gasteiger partial charge in [-0.3, -0.25) is 4.79 Å². The number of nitrogens with one attached hydrogen (secondary N) is 1. The number of hydrogen-bond acceptors (Lipinski definition) is 7. The summed E-state index contributed by atoms with van der Waals surface area (Å²) < 4.78 is 6.84. The molecule has 1 aliphatic heterocycles. The summed E-state index contributed by atoms with van der Waals surface area (Å²) in [5.74, 6) is 0.571. The van der Waals surface area contributed by atoms with Gasteiger partial charge < -0.3 is 14.6 Å². The summed E-state index contributed by atoms with van der Waals surface area (Å²) in [6, 6.07) is 13.4. The van der Waals surface area contributed by atoms with E-state index in [4.69, 9.17) is 16.0 Å². The van der Waals surface area contributed by atoms with Crippen molar-refractivity contribution in [3.05, 3.63) is 63.8 Å². The summed E-state index contributed by atoms with van der Waals surface area (Å²) >= 11 is 9.66. The van der Waals surface area contributed by atoms with Crippen molar-refractivity contribution in [3.63, 3.8) is 0 Å². The van der Waals surface area contributed by atoms with E-state index >= 15 is 0 Å².